The molecule has 0 aliphatic heterocycles. The summed E-state index contributed by atoms with van der Waals surface area (Å²) >= 11 is 5.43. The van der Waals surface area contributed by atoms with Crippen LogP contribution in [0, 0.1) is 11.7 Å². The van der Waals surface area contributed by atoms with E-state index in [1.54, 1.807) is 5.32 Å². The molecular formula is C14H13ClF7N3O2. The minimum absolute atomic E-state index is 0.268. The van der Waals surface area contributed by atoms with Crippen molar-refractivity contribution in [2.75, 3.05) is 5.32 Å². The third-order valence-corrected chi connectivity index (χ3v) is 3.44. The van der Waals surface area contributed by atoms with Crippen LogP contribution in [-0.2, 0) is 4.84 Å². The van der Waals surface area contributed by atoms with Gasteiger partial charge in [-0.2, -0.15) is 26.3 Å². The molecule has 5 nitrogen and oxygen atoms in total. The summed E-state index contributed by atoms with van der Waals surface area (Å²) in [6.45, 7) is 2.68. The van der Waals surface area contributed by atoms with Crippen molar-refractivity contribution in [1.82, 2.24) is 5.32 Å². The maximum atomic E-state index is 13.2. The van der Waals surface area contributed by atoms with Crippen LogP contribution in [0.5, 0.6) is 0 Å². The summed E-state index contributed by atoms with van der Waals surface area (Å²) < 4.78 is 92.1. The van der Waals surface area contributed by atoms with Gasteiger partial charge in [0.1, 0.15) is 11.0 Å². The van der Waals surface area contributed by atoms with Gasteiger partial charge in [0.15, 0.2) is 0 Å². The van der Waals surface area contributed by atoms with Crippen LogP contribution >= 0.6 is 11.6 Å². The lowest BCUT2D eigenvalue weighted by atomic mass is 10.2. The summed E-state index contributed by atoms with van der Waals surface area (Å²) in [5.41, 5.74) is -5.44. The summed E-state index contributed by atoms with van der Waals surface area (Å²) in [4.78, 5) is 15.4. The predicted molar refractivity (Wildman–Crippen MR) is 82.6 cm³/mol. The third kappa shape index (κ3) is 5.62. The van der Waals surface area contributed by atoms with Crippen LogP contribution < -0.4 is 10.6 Å². The Morgan fingerprint density at radius 2 is 1.56 bits per heavy atom. The lowest BCUT2D eigenvalue weighted by molar-refractivity contribution is -0.388. The first-order valence-electron chi connectivity index (χ1n) is 7.09. The first-order valence-corrected chi connectivity index (χ1v) is 7.47. The lowest BCUT2D eigenvalue weighted by Gasteiger charge is -2.34. The highest BCUT2D eigenvalue weighted by Crippen LogP contribution is 2.44. The summed E-state index contributed by atoms with van der Waals surface area (Å²) in [5, 5.41) is 4.35. The predicted octanol–water partition coefficient (Wildman–Crippen LogP) is 4.99. The number of oxime groups is 1. The van der Waals surface area contributed by atoms with Crippen molar-refractivity contribution in [1.29, 1.82) is 0 Å². The maximum absolute atomic E-state index is 13.2. The van der Waals surface area contributed by atoms with Crippen LogP contribution in [0.1, 0.15) is 13.8 Å². The number of amides is 2. The van der Waals surface area contributed by atoms with E-state index in [1.165, 1.54) is 13.8 Å². The molecule has 27 heavy (non-hydrogen) atoms. The first kappa shape index (κ1) is 22.8. The number of urea groups is 1. The number of alkyl halides is 6. The molecule has 0 heterocycles. The summed E-state index contributed by atoms with van der Waals surface area (Å²) in [5.74, 6) is -1.47. The van der Waals surface area contributed by atoms with Gasteiger partial charge in [-0.05, 0) is 24.3 Å². The lowest BCUT2D eigenvalue weighted by Crippen LogP contribution is -2.69. The molecule has 0 saturated carbocycles. The van der Waals surface area contributed by atoms with Crippen molar-refractivity contribution in [3.8, 4) is 0 Å². The molecule has 0 atom stereocenters. The molecule has 1 aromatic rings. The van der Waals surface area contributed by atoms with Gasteiger partial charge < -0.3 is 10.2 Å². The van der Waals surface area contributed by atoms with E-state index in [0.29, 0.717) is 5.32 Å². The normalized spacial score (nSPS) is 13.5. The third-order valence-electron chi connectivity index (χ3n) is 2.94. The van der Waals surface area contributed by atoms with Crippen LogP contribution in [0.15, 0.2) is 29.4 Å². The second-order valence-corrected chi connectivity index (χ2v) is 5.81. The number of carbonyl (C=O) groups excluding carboxylic acids is 1. The molecule has 1 aromatic carbocycles. The second-order valence-electron chi connectivity index (χ2n) is 5.42. The van der Waals surface area contributed by atoms with Gasteiger partial charge in [0.25, 0.3) is 0 Å². The van der Waals surface area contributed by atoms with Gasteiger partial charge in [-0.25, -0.2) is 9.18 Å². The van der Waals surface area contributed by atoms with Crippen molar-refractivity contribution in [3.63, 3.8) is 0 Å². The minimum Gasteiger partial charge on any atom is -0.346 e. The number of hydrogen-bond acceptors (Lipinski definition) is 3. The molecule has 0 fully saturated rings. The number of nitrogens with zero attached hydrogens (tertiary/aromatic N) is 1. The molecule has 0 aliphatic carbocycles. The average Bonchev–Trinajstić information content (AvgIpc) is 2.50. The van der Waals surface area contributed by atoms with Gasteiger partial charge in [0.05, 0.1) is 0 Å². The van der Waals surface area contributed by atoms with Crippen LogP contribution in [0.25, 0.3) is 0 Å². The number of hydrogen-bond donors (Lipinski definition) is 2. The summed E-state index contributed by atoms with van der Waals surface area (Å²) in [7, 11) is 0. The SMILES string of the molecule is CC(C)/C(Cl)=N/OC(NC(=O)Nc1ccc(F)cc1)(C(F)(F)F)C(F)(F)F. The first-order chi connectivity index (χ1) is 12.2. The molecule has 152 valence electrons. The number of rotatable bonds is 5. The molecule has 0 unspecified atom stereocenters. The summed E-state index contributed by atoms with van der Waals surface area (Å²) in [6, 6.07) is 1.59. The molecule has 0 aliphatic rings. The smallest absolute Gasteiger partial charge is 0.346 e. The van der Waals surface area contributed by atoms with Gasteiger partial charge in [-0.1, -0.05) is 30.6 Å². The van der Waals surface area contributed by atoms with Crippen molar-refractivity contribution in [2.24, 2.45) is 11.1 Å². The standard InChI is InChI=1S/C14H13ClF7N3O2/c1-7(2)10(15)25-27-12(13(17,18)19,14(20,21)22)24-11(26)23-9-5-3-8(16)4-6-9/h3-7H,1-2H3,(H2,23,24,26)/b25-10-. The number of anilines is 1. The Morgan fingerprint density at radius 3 is 1.96 bits per heavy atom. The highest BCUT2D eigenvalue weighted by Gasteiger charge is 2.76. The van der Waals surface area contributed by atoms with E-state index in [1.807, 2.05) is 0 Å². The highest BCUT2D eigenvalue weighted by atomic mass is 35.5. The van der Waals surface area contributed by atoms with Crippen LogP contribution in [0.2, 0.25) is 0 Å². The Bertz CT molecular complexity index is 673. The molecule has 0 aromatic heterocycles. The van der Waals surface area contributed by atoms with E-state index in [9.17, 15) is 35.5 Å². The van der Waals surface area contributed by atoms with Gasteiger partial charge in [-0.15, -0.1) is 0 Å². The maximum Gasteiger partial charge on any atom is 0.461 e. The Kier molecular flexibility index (Phi) is 6.92. The summed E-state index contributed by atoms with van der Waals surface area (Å²) in [6.07, 6.45) is -12.3. The van der Waals surface area contributed by atoms with Crippen molar-refractivity contribution >= 4 is 28.5 Å². The number of carbonyl (C=O) groups is 1. The fourth-order valence-corrected chi connectivity index (χ4v) is 1.54. The average molecular weight is 424 g/mol. The number of halogens is 8. The quantitative estimate of drug-likeness (QED) is 0.303. The van der Waals surface area contributed by atoms with E-state index in [0.717, 1.165) is 24.3 Å². The number of benzene rings is 1. The zero-order valence-corrected chi connectivity index (χ0v) is 14.4. The Morgan fingerprint density at radius 1 is 1.07 bits per heavy atom. The fourth-order valence-electron chi connectivity index (χ4n) is 1.50. The fraction of sp³-hybridized carbons (Fsp3) is 0.429. The van der Waals surface area contributed by atoms with Crippen molar-refractivity contribution < 1.29 is 40.4 Å². The van der Waals surface area contributed by atoms with Crippen LogP contribution in [-0.4, -0.2) is 29.3 Å². The highest BCUT2D eigenvalue weighted by molar-refractivity contribution is 6.65. The van der Waals surface area contributed by atoms with E-state index < -0.39 is 41.0 Å². The molecule has 0 bridgehead atoms. The monoisotopic (exact) mass is 423 g/mol. The van der Waals surface area contributed by atoms with Crippen molar-refractivity contribution in [2.45, 2.75) is 31.9 Å². The molecule has 0 spiro atoms. The minimum atomic E-state index is -6.15. The second kappa shape index (κ2) is 8.19. The van der Waals surface area contributed by atoms with Gasteiger partial charge in [0.2, 0.25) is 0 Å². The molecule has 2 amide bonds. The Hall–Kier alpha value is -2.24. The molecular weight excluding hydrogens is 411 g/mol. The van der Waals surface area contributed by atoms with Crippen LogP contribution in [0.3, 0.4) is 0 Å². The van der Waals surface area contributed by atoms with Gasteiger partial charge >= 0.3 is 24.1 Å². The van der Waals surface area contributed by atoms with E-state index >= 15 is 0 Å². The Balaban J connectivity index is 3.21. The molecule has 1 rings (SSSR count). The molecule has 0 saturated heterocycles. The van der Waals surface area contributed by atoms with Crippen LogP contribution in [0.4, 0.5) is 41.2 Å². The zero-order valence-electron chi connectivity index (χ0n) is 13.7. The molecule has 13 heteroatoms. The molecule has 2 N–H and O–H groups in total. The zero-order chi connectivity index (χ0) is 21.0. The van der Waals surface area contributed by atoms with E-state index in [2.05, 4.69) is 9.99 Å². The van der Waals surface area contributed by atoms with E-state index in [4.69, 9.17) is 11.6 Å². The van der Waals surface area contributed by atoms with Crippen molar-refractivity contribution in [3.05, 3.63) is 30.1 Å². The largest absolute Gasteiger partial charge is 0.461 e. The van der Waals surface area contributed by atoms with Gasteiger partial charge in [-0.3, -0.25) is 5.32 Å². The molecule has 0 radical (unpaired) electrons. The number of nitrogens with one attached hydrogen (secondary N) is 2. The van der Waals surface area contributed by atoms with Gasteiger partial charge in [0, 0.05) is 11.6 Å². The Labute approximate surface area is 153 Å². The topological polar surface area (TPSA) is 62.7 Å². The van der Waals surface area contributed by atoms with E-state index in [-0.39, 0.29) is 5.69 Å².